The summed E-state index contributed by atoms with van der Waals surface area (Å²) in [7, 11) is 3.26. The lowest BCUT2D eigenvalue weighted by Gasteiger charge is -2.11. The normalized spacial score (nSPS) is 11.1. The highest BCUT2D eigenvalue weighted by atomic mass is 32.1. The van der Waals surface area contributed by atoms with Crippen LogP contribution in [-0.2, 0) is 6.42 Å². The van der Waals surface area contributed by atoms with Crippen molar-refractivity contribution >= 4 is 34.4 Å². The summed E-state index contributed by atoms with van der Waals surface area (Å²) in [5.41, 5.74) is 4.95. The van der Waals surface area contributed by atoms with E-state index in [2.05, 4.69) is 34.9 Å². The summed E-state index contributed by atoms with van der Waals surface area (Å²) in [6.45, 7) is 4.74. The van der Waals surface area contributed by atoms with Crippen LogP contribution in [0.4, 0.5) is 0 Å². The first-order chi connectivity index (χ1) is 12.0. The monoisotopic (exact) mass is 377 g/mol. The number of rotatable bonds is 7. The Balaban J connectivity index is 1.80. The Labute approximate surface area is 158 Å². The number of hydrogen-bond acceptors (Lipinski definition) is 5. The maximum atomic E-state index is 5.31. The summed E-state index contributed by atoms with van der Waals surface area (Å²) < 4.78 is 10.6. The molecule has 0 atom stereocenters. The van der Waals surface area contributed by atoms with Crippen molar-refractivity contribution in [2.45, 2.75) is 20.3 Å². The molecular formula is C18H23N3O2S2. The number of nitrogens with zero attached hydrogens (tertiary/aromatic N) is 1. The Morgan fingerprint density at radius 3 is 2.56 bits per heavy atom. The Morgan fingerprint density at radius 1 is 1.16 bits per heavy atom. The quantitative estimate of drug-likeness (QED) is 0.439. The minimum absolute atomic E-state index is 0.508. The molecule has 2 aromatic rings. The third-order valence-corrected chi connectivity index (χ3v) is 4.91. The maximum Gasteiger partial charge on any atom is 0.186 e. The van der Waals surface area contributed by atoms with Crippen molar-refractivity contribution in [1.29, 1.82) is 0 Å². The molecule has 0 spiro atoms. The van der Waals surface area contributed by atoms with Gasteiger partial charge in [-0.05, 0) is 62.3 Å². The molecule has 134 valence electrons. The highest BCUT2D eigenvalue weighted by molar-refractivity contribution is 7.80. The van der Waals surface area contributed by atoms with Gasteiger partial charge < -0.3 is 14.8 Å². The van der Waals surface area contributed by atoms with Gasteiger partial charge in [0.15, 0.2) is 16.6 Å². The first kappa shape index (κ1) is 19.2. The SMILES string of the molecule is COc1ccc(CCNC(=S)N/N=C(/C)c2ccc(C)s2)cc1OC. The second kappa shape index (κ2) is 9.39. The molecule has 0 bridgehead atoms. The second-order valence-corrected chi connectivity index (χ2v) is 7.11. The highest BCUT2D eigenvalue weighted by Crippen LogP contribution is 2.27. The second-order valence-electron chi connectivity index (χ2n) is 5.41. The lowest BCUT2D eigenvalue weighted by molar-refractivity contribution is 0.354. The summed E-state index contributed by atoms with van der Waals surface area (Å²) >= 11 is 6.97. The molecule has 0 saturated carbocycles. The molecule has 7 heteroatoms. The molecule has 5 nitrogen and oxygen atoms in total. The number of hydrogen-bond donors (Lipinski definition) is 2. The van der Waals surface area contributed by atoms with Crippen molar-refractivity contribution < 1.29 is 9.47 Å². The molecule has 2 N–H and O–H groups in total. The van der Waals surface area contributed by atoms with E-state index < -0.39 is 0 Å². The molecule has 0 fully saturated rings. The van der Waals surface area contributed by atoms with E-state index in [1.54, 1.807) is 25.6 Å². The van der Waals surface area contributed by atoms with E-state index in [1.165, 1.54) is 4.88 Å². The van der Waals surface area contributed by atoms with E-state index >= 15 is 0 Å². The zero-order valence-electron chi connectivity index (χ0n) is 14.9. The standard InChI is InChI=1S/C18H23N3O2S2/c1-12-5-8-17(25-12)13(2)20-21-18(24)19-10-9-14-6-7-15(22-3)16(11-14)23-4/h5-8,11H,9-10H2,1-4H3,(H2,19,21,24)/b20-13-. The van der Waals surface area contributed by atoms with E-state index in [0.29, 0.717) is 11.7 Å². The molecule has 1 heterocycles. The molecule has 0 radical (unpaired) electrons. The summed E-state index contributed by atoms with van der Waals surface area (Å²) in [4.78, 5) is 2.40. The predicted octanol–water partition coefficient (Wildman–Crippen LogP) is 3.50. The Hall–Kier alpha value is -2.12. The van der Waals surface area contributed by atoms with Gasteiger partial charge in [0.25, 0.3) is 0 Å². The van der Waals surface area contributed by atoms with Crippen molar-refractivity contribution in [2.75, 3.05) is 20.8 Å². The first-order valence-electron chi connectivity index (χ1n) is 7.89. The minimum Gasteiger partial charge on any atom is -0.493 e. The van der Waals surface area contributed by atoms with E-state index in [9.17, 15) is 0 Å². The third-order valence-electron chi connectivity index (χ3n) is 3.57. The van der Waals surface area contributed by atoms with Gasteiger partial charge >= 0.3 is 0 Å². The Kier molecular flexibility index (Phi) is 7.21. The number of aryl methyl sites for hydroxylation is 1. The summed E-state index contributed by atoms with van der Waals surface area (Å²) in [5.74, 6) is 1.46. The van der Waals surface area contributed by atoms with Gasteiger partial charge in [-0.2, -0.15) is 5.10 Å². The molecule has 1 aromatic carbocycles. The summed E-state index contributed by atoms with van der Waals surface area (Å²) in [6, 6.07) is 10.0. The zero-order valence-corrected chi connectivity index (χ0v) is 16.5. The van der Waals surface area contributed by atoms with Gasteiger partial charge in [0.2, 0.25) is 0 Å². The number of nitrogens with one attached hydrogen (secondary N) is 2. The van der Waals surface area contributed by atoms with Gasteiger partial charge in [0.1, 0.15) is 0 Å². The van der Waals surface area contributed by atoms with Gasteiger partial charge in [0.05, 0.1) is 24.8 Å². The van der Waals surface area contributed by atoms with E-state index in [0.717, 1.165) is 34.1 Å². The van der Waals surface area contributed by atoms with Crippen molar-refractivity contribution in [3.63, 3.8) is 0 Å². The lowest BCUT2D eigenvalue weighted by Crippen LogP contribution is -2.33. The highest BCUT2D eigenvalue weighted by Gasteiger charge is 2.05. The van der Waals surface area contributed by atoms with Gasteiger partial charge in [-0.3, -0.25) is 5.43 Å². The number of thiocarbonyl (C=S) groups is 1. The van der Waals surface area contributed by atoms with Crippen molar-refractivity contribution in [3.8, 4) is 11.5 Å². The topological polar surface area (TPSA) is 54.9 Å². The van der Waals surface area contributed by atoms with Crippen LogP contribution in [-0.4, -0.2) is 31.6 Å². The average molecular weight is 378 g/mol. The molecule has 0 aliphatic carbocycles. The van der Waals surface area contributed by atoms with Crippen molar-refractivity contribution in [3.05, 3.63) is 45.6 Å². The fourth-order valence-electron chi connectivity index (χ4n) is 2.21. The molecule has 0 unspecified atom stereocenters. The van der Waals surface area contributed by atoms with Crippen LogP contribution in [0.1, 0.15) is 22.2 Å². The fourth-order valence-corrected chi connectivity index (χ4v) is 3.17. The van der Waals surface area contributed by atoms with Crippen molar-refractivity contribution in [1.82, 2.24) is 10.7 Å². The smallest absolute Gasteiger partial charge is 0.186 e. The van der Waals surface area contributed by atoms with Gasteiger partial charge in [-0.25, -0.2) is 0 Å². The first-order valence-corrected chi connectivity index (χ1v) is 9.11. The number of thiophene rings is 1. The number of hydrazone groups is 1. The van der Waals surface area contributed by atoms with Gasteiger partial charge in [0, 0.05) is 11.4 Å². The molecular weight excluding hydrogens is 354 g/mol. The van der Waals surface area contributed by atoms with Crippen molar-refractivity contribution in [2.24, 2.45) is 5.10 Å². The Bertz CT molecular complexity index is 757. The van der Waals surface area contributed by atoms with Crippen LogP contribution in [0, 0.1) is 6.92 Å². The number of ether oxygens (including phenoxy) is 2. The van der Waals surface area contributed by atoms with Gasteiger partial charge in [-0.15, -0.1) is 11.3 Å². The van der Waals surface area contributed by atoms with Crippen LogP contribution in [0.5, 0.6) is 11.5 Å². The van der Waals surface area contributed by atoms with E-state index in [4.69, 9.17) is 21.7 Å². The van der Waals surface area contributed by atoms with Crippen LogP contribution < -0.4 is 20.2 Å². The largest absolute Gasteiger partial charge is 0.493 e. The van der Waals surface area contributed by atoms with E-state index in [-0.39, 0.29) is 0 Å². The van der Waals surface area contributed by atoms with Crippen LogP contribution in [0.3, 0.4) is 0 Å². The van der Waals surface area contributed by atoms with Crippen LogP contribution >= 0.6 is 23.6 Å². The van der Waals surface area contributed by atoms with Crippen LogP contribution in [0.15, 0.2) is 35.4 Å². The molecule has 0 amide bonds. The zero-order chi connectivity index (χ0) is 18.2. The van der Waals surface area contributed by atoms with Crippen LogP contribution in [0.2, 0.25) is 0 Å². The third kappa shape index (κ3) is 5.72. The van der Waals surface area contributed by atoms with Crippen LogP contribution in [0.25, 0.3) is 0 Å². The molecule has 0 aliphatic heterocycles. The van der Waals surface area contributed by atoms with E-state index in [1.807, 2.05) is 25.1 Å². The fraction of sp³-hybridized carbons (Fsp3) is 0.333. The predicted molar refractivity (Wildman–Crippen MR) is 108 cm³/mol. The number of methoxy groups -OCH3 is 2. The maximum absolute atomic E-state index is 5.31. The average Bonchev–Trinajstić information content (AvgIpc) is 3.06. The molecule has 2 rings (SSSR count). The van der Waals surface area contributed by atoms with Gasteiger partial charge in [-0.1, -0.05) is 6.07 Å². The molecule has 0 aliphatic rings. The molecule has 25 heavy (non-hydrogen) atoms. The molecule has 0 saturated heterocycles. The molecule has 1 aromatic heterocycles. The lowest BCUT2D eigenvalue weighted by atomic mass is 10.1. The minimum atomic E-state index is 0.508. The summed E-state index contributed by atoms with van der Waals surface area (Å²) in [5, 5.41) is 7.98. The summed E-state index contributed by atoms with van der Waals surface area (Å²) in [6.07, 6.45) is 0.814. The Morgan fingerprint density at radius 2 is 1.92 bits per heavy atom. The number of benzene rings is 1.